The Hall–Kier alpha value is -3.09. The number of H-pyrrole nitrogens is 1. The van der Waals surface area contributed by atoms with Crippen LogP contribution in [0.15, 0.2) is 48.8 Å². The number of aryl methyl sites for hydroxylation is 1. The summed E-state index contributed by atoms with van der Waals surface area (Å²) in [5.41, 5.74) is 6.12. The van der Waals surface area contributed by atoms with Crippen molar-refractivity contribution in [3.05, 3.63) is 70.6 Å². The van der Waals surface area contributed by atoms with Crippen molar-refractivity contribution in [2.45, 2.75) is 26.3 Å². The number of ketones is 1. The third-order valence-corrected chi connectivity index (χ3v) is 6.85. The number of carbonyl (C=O) groups is 1. The Labute approximate surface area is 204 Å². The van der Waals surface area contributed by atoms with Crippen molar-refractivity contribution in [1.29, 1.82) is 0 Å². The van der Waals surface area contributed by atoms with Crippen LogP contribution in [0.3, 0.4) is 0 Å². The maximum atomic E-state index is 13.7. The predicted molar refractivity (Wildman–Crippen MR) is 136 cm³/mol. The molecule has 0 amide bonds. The largest absolute Gasteiger partial charge is 0.493 e. The van der Waals surface area contributed by atoms with Crippen molar-refractivity contribution in [3.8, 4) is 16.9 Å². The van der Waals surface area contributed by atoms with Crippen LogP contribution in [-0.4, -0.2) is 52.7 Å². The number of nitrogens with one attached hydrogen (secondary N) is 1. The Kier molecular flexibility index (Phi) is 6.19. The van der Waals surface area contributed by atoms with Gasteiger partial charge in [0.15, 0.2) is 5.78 Å². The summed E-state index contributed by atoms with van der Waals surface area (Å²) in [7, 11) is 4.12. The minimum Gasteiger partial charge on any atom is -0.493 e. The highest BCUT2D eigenvalue weighted by Crippen LogP contribution is 2.34. The standard InChI is InChI=1S/C27H29ClN4O2/c1-4-24-22(14-29-30-24)17-5-7-21-23(15-32(25(21)13-17)10-9-31(2)3)27(33)19-11-18-12-20(28)6-8-26(18)34-16-19/h5-8,12-15,19H,4,9-11,16H2,1-3H3,(H,29,30). The minimum atomic E-state index is -0.237. The molecule has 0 radical (unpaired) electrons. The summed E-state index contributed by atoms with van der Waals surface area (Å²) in [5.74, 6) is 0.696. The Morgan fingerprint density at radius 3 is 2.91 bits per heavy atom. The molecule has 0 saturated heterocycles. The molecule has 0 fully saturated rings. The minimum absolute atomic E-state index is 0.115. The lowest BCUT2D eigenvalue weighted by atomic mass is 9.89. The van der Waals surface area contributed by atoms with Crippen LogP contribution in [0.25, 0.3) is 22.0 Å². The van der Waals surface area contributed by atoms with E-state index < -0.39 is 0 Å². The van der Waals surface area contributed by atoms with Crippen LogP contribution in [0.1, 0.15) is 28.5 Å². The fraction of sp³-hybridized carbons (Fsp3) is 0.333. The summed E-state index contributed by atoms with van der Waals surface area (Å²) in [5, 5.41) is 8.97. The molecule has 0 bridgehead atoms. The molecule has 0 aliphatic carbocycles. The van der Waals surface area contributed by atoms with Crippen molar-refractivity contribution < 1.29 is 9.53 Å². The summed E-state index contributed by atoms with van der Waals surface area (Å²) < 4.78 is 8.12. The smallest absolute Gasteiger partial charge is 0.171 e. The van der Waals surface area contributed by atoms with Crippen LogP contribution in [-0.2, 0) is 19.4 Å². The molecule has 1 N–H and O–H groups in total. The van der Waals surface area contributed by atoms with Crippen molar-refractivity contribution in [2.75, 3.05) is 27.2 Å². The van der Waals surface area contributed by atoms with Gasteiger partial charge in [-0.1, -0.05) is 30.7 Å². The molecule has 7 heteroatoms. The molecular formula is C27H29ClN4O2. The van der Waals surface area contributed by atoms with Crippen LogP contribution in [0.2, 0.25) is 5.02 Å². The average Bonchev–Trinajstić information content (AvgIpc) is 3.46. The summed E-state index contributed by atoms with van der Waals surface area (Å²) in [6.07, 6.45) is 5.41. The first kappa shape index (κ1) is 22.7. The molecule has 0 spiro atoms. The second-order valence-corrected chi connectivity index (χ2v) is 9.65. The molecule has 34 heavy (non-hydrogen) atoms. The average molecular weight is 477 g/mol. The van der Waals surface area contributed by atoms with E-state index in [1.165, 1.54) is 0 Å². The van der Waals surface area contributed by atoms with Gasteiger partial charge in [0.05, 0.1) is 18.7 Å². The fourth-order valence-corrected chi connectivity index (χ4v) is 4.93. The second kappa shape index (κ2) is 9.28. The fourth-order valence-electron chi connectivity index (χ4n) is 4.73. The lowest BCUT2D eigenvalue weighted by molar-refractivity contribution is 0.0856. The van der Waals surface area contributed by atoms with E-state index in [0.717, 1.165) is 64.1 Å². The van der Waals surface area contributed by atoms with E-state index in [1.54, 1.807) is 0 Å². The van der Waals surface area contributed by atoms with Crippen LogP contribution in [0.5, 0.6) is 5.75 Å². The van der Waals surface area contributed by atoms with Gasteiger partial charge in [0.1, 0.15) is 5.75 Å². The van der Waals surface area contributed by atoms with E-state index >= 15 is 0 Å². The molecular weight excluding hydrogens is 448 g/mol. The second-order valence-electron chi connectivity index (χ2n) is 9.22. The number of hydrogen-bond donors (Lipinski definition) is 1. The third kappa shape index (κ3) is 4.24. The number of aromatic amines is 1. The summed E-state index contributed by atoms with van der Waals surface area (Å²) in [4.78, 5) is 15.9. The molecule has 5 rings (SSSR count). The lowest BCUT2D eigenvalue weighted by Crippen LogP contribution is -2.28. The van der Waals surface area contributed by atoms with Crippen molar-refractivity contribution >= 4 is 28.3 Å². The zero-order valence-corrected chi connectivity index (χ0v) is 20.5. The number of Topliss-reactive ketones (excluding diaryl/α,β-unsaturated/α-hetero) is 1. The van der Waals surface area contributed by atoms with Crippen molar-refractivity contribution in [1.82, 2.24) is 19.7 Å². The highest BCUT2D eigenvalue weighted by Gasteiger charge is 2.29. The van der Waals surface area contributed by atoms with E-state index in [0.29, 0.717) is 18.1 Å². The number of nitrogens with zero attached hydrogens (tertiary/aromatic N) is 3. The molecule has 0 saturated carbocycles. The van der Waals surface area contributed by atoms with E-state index in [1.807, 2.05) is 30.6 Å². The highest BCUT2D eigenvalue weighted by molar-refractivity contribution is 6.30. The molecule has 1 atom stereocenters. The van der Waals surface area contributed by atoms with Gasteiger partial charge >= 0.3 is 0 Å². The number of benzene rings is 2. The van der Waals surface area contributed by atoms with Crippen LogP contribution in [0, 0.1) is 5.92 Å². The zero-order valence-electron chi connectivity index (χ0n) is 19.8. The van der Waals surface area contributed by atoms with E-state index in [9.17, 15) is 4.79 Å². The number of carbonyl (C=O) groups excluding carboxylic acids is 1. The molecule has 6 nitrogen and oxygen atoms in total. The molecule has 4 aromatic rings. The van der Waals surface area contributed by atoms with Crippen LogP contribution < -0.4 is 4.74 Å². The summed E-state index contributed by atoms with van der Waals surface area (Å²) in [6, 6.07) is 11.9. The molecule has 2 aromatic carbocycles. The SMILES string of the molecule is CCc1[nH]ncc1-c1ccc2c(C(=O)C3COc4ccc(Cl)cc4C3)cn(CCN(C)C)c2c1. The molecule has 1 unspecified atom stereocenters. The Morgan fingerprint density at radius 1 is 1.26 bits per heavy atom. The maximum absolute atomic E-state index is 13.7. The molecule has 176 valence electrons. The Bertz CT molecular complexity index is 1350. The Morgan fingerprint density at radius 2 is 2.12 bits per heavy atom. The van der Waals surface area contributed by atoms with Gasteiger partial charge in [-0.3, -0.25) is 9.89 Å². The van der Waals surface area contributed by atoms with E-state index in [4.69, 9.17) is 16.3 Å². The van der Waals surface area contributed by atoms with Crippen LogP contribution in [0.4, 0.5) is 0 Å². The van der Waals surface area contributed by atoms with E-state index in [2.05, 4.69) is 58.9 Å². The first-order chi connectivity index (χ1) is 16.4. The summed E-state index contributed by atoms with van der Waals surface area (Å²) in [6.45, 7) is 4.17. The molecule has 1 aliphatic rings. The van der Waals surface area contributed by atoms with Gasteiger partial charge < -0.3 is 14.2 Å². The first-order valence-corrected chi connectivity index (χ1v) is 12.1. The van der Waals surface area contributed by atoms with Crippen molar-refractivity contribution in [2.24, 2.45) is 5.92 Å². The number of aromatic nitrogens is 3. The van der Waals surface area contributed by atoms with Gasteiger partial charge in [0.25, 0.3) is 0 Å². The normalized spacial score (nSPS) is 15.5. The van der Waals surface area contributed by atoms with Gasteiger partial charge in [-0.2, -0.15) is 5.10 Å². The molecule has 1 aliphatic heterocycles. The van der Waals surface area contributed by atoms with Crippen molar-refractivity contribution in [3.63, 3.8) is 0 Å². The Balaban J connectivity index is 1.53. The van der Waals surface area contributed by atoms with Gasteiger partial charge in [0.2, 0.25) is 0 Å². The monoisotopic (exact) mass is 476 g/mol. The van der Waals surface area contributed by atoms with Gasteiger partial charge in [0, 0.05) is 52.0 Å². The first-order valence-electron chi connectivity index (χ1n) is 11.7. The highest BCUT2D eigenvalue weighted by atomic mass is 35.5. The maximum Gasteiger partial charge on any atom is 0.171 e. The van der Waals surface area contributed by atoms with E-state index in [-0.39, 0.29) is 11.7 Å². The van der Waals surface area contributed by atoms with Gasteiger partial charge in [-0.25, -0.2) is 0 Å². The zero-order chi connectivity index (χ0) is 23.8. The number of hydrogen-bond acceptors (Lipinski definition) is 4. The topological polar surface area (TPSA) is 63.2 Å². The molecule has 3 heterocycles. The molecule has 2 aromatic heterocycles. The quantitative estimate of drug-likeness (QED) is 0.370. The summed E-state index contributed by atoms with van der Waals surface area (Å²) >= 11 is 6.19. The number of rotatable bonds is 7. The van der Waals surface area contributed by atoms with Gasteiger partial charge in [-0.05, 0) is 62.3 Å². The third-order valence-electron chi connectivity index (χ3n) is 6.62. The lowest BCUT2D eigenvalue weighted by Gasteiger charge is -2.24. The van der Waals surface area contributed by atoms with Gasteiger partial charge in [-0.15, -0.1) is 0 Å². The number of fused-ring (bicyclic) bond motifs is 2. The van der Waals surface area contributed by atoms with Crippen LogP contribution >= 0.6 is 11.6 Å². The number of halogens is 1. The predicted octanol–water partition coefficient (Wildman–Crippen LogP) is 5.24. The number of ether oxygens (including phenoxy) is 1. The number of likely N-dealkylation sites (N-methyl/N-ethyl adjacent to an activating group) is 1.